The number of amides is 1. The number of carbonyl (C=O) groups excluding carboxylic acids is 1. The Kier molecular flexibility index (Phi) is 5.78. The van der Waals surface area contributed by atoms with Crippen molar-refractivity contribution in [1.82, 2.24) is 10.6 Å². The SMILES string of the molecule is Cc1ccc(CNC(=O)CCNC(C)C)cc1F. The highest BCUT2D eigenvalue weighted by Gasteiger charge is 2.03. The Morgan fingerprint density at radius 3 is 2.72 bits per heavy atom. The molecule has 0 aliphatic carbocycles. The van der Waals surface area contributed by atoms with Crippen molar-refractivity contribution in [3.05, 3.63) is 35.1 Å². The van der Waals surface area contributed by atoms with Gasteiger partial charge < -0.3 is 10.6 Å². The van der Waals surface area contributed by atoms with Crippen LogP contribution >= 0.6 is 0 Å². The Balaban J connectivity index is 2.31. The molecule has 2 N–H and O–H groups in total. The first-order valence-electron chi connectivity index (χ1n) is 6.24. The van der Waals surface area contributed by atoms with E-state index >= 15 is 0 Å². The van der Waals surface area contributed by atoms with Gasteiger partial charge in [-0.15, -0.1) is 0 Å². The van der Waals surface area contributed by atoms with Gasteiger partial charge in [0.2, 0.25) is 5.91 Å². The molecule has 0 unspecified atom stereocenters. The predicted octanol–water partition coefficient (Wildman–Crippen LogP) is 2.14. The number of halogens is 1. The van der Waals surface area contributed by atoms with E-state index in [-0.39, 0.29) is 11.7 Å². The van der Waals surface area contributed by atoms with Crippen LogP contribution < -0.4 is 10.6 Å². The average molecular weight is 252 g/mol. The van der Waals surface area contributed by atoms with Crippen molar-refractivity contribution >= 4 is 5.91 Å². The maximum Gasteiger partial charge on any atom is 0.221 e. The second-order valence-corrected chi connectivity index (χ2v) is 4.72. The Morgan fingerprint density at radius 1 is 1.39 bits per heavy atom. The average Bonchev–Trinajstić information content (AvgIpc) is 2.30. The summed E-state index contributed by atoms with van der Waals surface area (Å²) in [5.74, 6) is -0.257. The lowest BCUT2D eigenvalue weighted by atomic mass is 10.1. The van der Waals surface area contributed by atoms with Crippen molar-refractivity contribution in [3.8, 4) is 0 Å². The van der Waals surface area contributed by atoms with E-state index in [2.05, 4.69) is 10.6 Å². The summed E-state index contributed by atoms with van der Waals surface area (Å²) in [6.45, 7) is 6.82. The summed E-state index contributed by atoms with van der Waals surface area (Å²) in [5.41, 5.74) is 1.40. The minimum absolute atomic E-state index is 0.0240. The second-order valence-electron chi connectivity index (χ2n) is 4.72. The summed E-state index contributed by atoms with van der Waals surface area (Å²) in [7, 11) is 0. The number of hydrogen-bond donors (Lipinski definition) is 2. The molecule has 0 saturated heterocycles. The topological polar surface area (TPSA) is 41.1 Å². The molecule has 18 heavy (non-hydrogen) atoms. The van der Waals surface area contributed by atoms with Gasteiger partial charge in [-0.2, -0.15) is 0 Å². The number of nitrogens with one attached hydrogen (secondary N) is 2. The molecule has 0 fully saturated rings. The molecule has 0 aliphatic rings. The highest BCUT2D eigenvalue weighted by Crippen LogP contribution is 2.08. The fourth-order valence-electron chi connectivity index (χ4n) is 1.51. The van der Waals surface area contributed by atoms with E-state index in [1.165, 1.54) is 6.07 Å². The van der Waals surface area contributed by atoms with Gasteiger partial charge in [0.15, 0.2) is 0 Å². The highest BCUT2D eigenvalue weighted by atomic mass is 19.1. The number of rotatable bonds is 6. The molecule has 0 saturated carbocycles. The summed E-state index contributed by atoms with van der Waals surface area (Å²) in [6, 6.07) is 5.38. The molecule has 0 bridgehead atoms. The van der Waals surface area contributed by atoms with Gasteiger partial charge in [0, 0.05) is 25.6 Å². The Bertz CT molecular complexity index is 405. The monoisotopic (exact) mass is 252 g/mol. The number of carbonyl (C=O) groups is 1. The molecule has 4 heteroatoms. The van der Waals surface area contributed by atoms with E-state index in [1.54, 1.807) is 13.0 Å². The molecule has 0 aliphatic heterocycles. The first-order chi connectivity index (χ1) is 8.49. The maximum absolute atomic E-state index is 13.3. The van der Waals surface area contributed by atoms with Gasteiger partial charge in [-0.1, -0.05) is 26.0 Å². The normalized spacial score (nSPS) is 10.7. The molecule has 0 heterocycles. The van der Waals surface area contributed by atoms with Crippen molar-refractivity contribution in [2.75, 3.05) is 6.54 Å². The van der Waals surface area contributed by atoms with Gasteiger partial charge >= 0.3 is 0 Å². The molecular weight excluding hydrogens is 231 g/mol. The summed E-state index contributed by atoms with van der Waals surface area (Å²) in [4.78, 5) is 11.5. The highest BCUT2D eigenvalue weighted by molar-refractivity contribution is 5.76. The van der Waals surface area contributed by atoms with Crippen LogP contribution in [0.3, 0.4) is 0 Å². The van der Waals surface area contributed by atoms with E-state index in [0.29, 0.717) is 31.1 Å². The van der Waals surface area contributed by atoms with Crippen molar-refractivity contribution < 1.29 is 9.18 Å². The summed E-state index contributed by atoms with van der Waals surface area (Å²) >= 11 is 0. The molecule has 1 aromatic carbocycles. The zero-order valence-corrected chi connectivity index (χ0v) is 11.2. The van der Waals surface area contributed by atoms with Crippen LogP contribution in [-0.2, 0) is 11.3 Å². The number of aryl methyl sites for hydroxylation is 1. The van der Waals surface area contributed by atoms with Gasteiger partial charge in [-0.05, 0) is 24.1 Å². The number of benzene rings is 1. The molecule has 1 rings (SSSR count). The Morgan fingerprint density at radius 2 is 2.11 bits per heavy atom. The van der Waals surface area contributed by atoms with Crippen molar-refractivity contribution in [3.63, 3.8) is 0 Å². The van der Waals surface area contributed by atoms with Gasteiger partial charge in [-0.25, -0.2) is 4.39 Å². The van der Waals surface area contributed by atoms with E-state index < -0.39 is 0 Å². The molecule has 1 aromatic rings. The van der Waals surface area contributed by atoms with Crippen LogP contribution in [0, 0.1) is 12.7 Å². The minimum Gasteiger partial charge on any atom is -0.352 e. The van der Waals surface area contributed by atoms with Crippen LogP contribution in [0.4, 0.5) is 4.39 Å². The zero-order chi connectivity index (χ0) is 13.5. The van der Waals surface area contributed by atoms with Gasteiger partial charge in [-0.3, -0.25) is 4.79 Å². The molecule has 0 spiro atoms. The molecule has 0 radical (unpaired) electrons. The maximum atomic E-state index is 13.3. The minimum atomic E-state index is -0.233. The van der Waals surface area contributed by atoms with Gasteiger partial charge in [0.1, 0.15) is 5.82 Å². The van der Waals surface area contributed by atoms with Crippen molar-refractivity contribution in [1.29, 1.82) is 0 Å². The standard InChI is InChI=1S/C14H21FN2O/c1-10(2)16-7-6-14(18)17-9-12-5-4-11(3)13(15)8-12/h4-5,8,10,16H,6-7,9H2,1-3H3,(H,17,18). The third-order valence-corrected chi connectivity index (χ3v) is 2.63. The molecule has 0 atom stereocenters. The van der Waals surface area contributed by atoms with Crippen LogP contribution in [0.2, 0.25) is 0 Å². The van der Waals surface area contributed by atoms with E-state index in [9.17, 15) is 9.18 Å². The molecule has 100 valence electrons. The molecular formula is C14H21FN2O. The van der Waals surface area contributed by atoms with Crippen LogP contribution in [-0.4, -0.2) is 18.5 Å². The van der Waals surface area contributed by atoms with Crippen molar-refractivity contribution in [2.45, 2.75) is 39.8 Å². The summed E-state index contributed by atoms with van der Waals surface area (Å²) in [6.07, 6.45) is 0.437. The lowest BCUT2D eigenvalue weighted by Gasteiger charge is -2.09. The third kappa shape index (κ3) is 5.27. The lowest BCUT2D eigenvalue weighted by Crippen LogP contribution is -2.30. The molecule has 0 aromatic heterocycles. The van der Waals surface area contributed by atoms with Crippen LogP contribution in [0.25, 0.3) is 0 Å². The summed E-state index contributed by atoms with van der Waals surface area (Å²) < 4.78 is 13.3. The van der Waals surface area contributed by atoms with Crippen LogP contribution in [0.15, 0.2) is 18.2 Å². The quantitative estimate of drug-likeness (QED) is 0.814. The Hall–Kier alpha value is -1.42. The molecule has 3 nitrogen and oxygen atoms in total. The first kappa shape index (κ1) is 14.6. The lowest BCUT2D eigenvalue weighted by molar-refractivity contribution is -0.121. The largest absolute Gasteiger partial charge is 0.352 e. The van der Waals surface area contributed by atoms with Crippen LogP contribution in [0.5, 0.6) is 0 Å². The Labute approximate surface area is 108 Å². The third-order valence-electron chi connectivity index (χ3n) is 2.63. The molecule has 1 amide bonds. The van der Waals surface area contributed by atoms with Crippen molar-refractivity contribution in [2.24, 2.45) is 0 Å². The fourth-order valence-corrected chi connectivity index (χ4v) is 1.51. The van der Waals surface area contributed by atoms with E-state index in [1.807, 2.05) is 19.9 Å². The predicted molar refractivity (Wildman–Crippen MR) is 70.7 cm³/mol. The first-order valence-corrected chi connectivity index (χ1v) is 6.24. The van der Waals surface area contributed by atoms with E-state index in [4.69, 9.17) is 0 Å². The van der Waals surface area contributed by atoms with Crippen LogP contribution in [0.1, 0.15) is 31.4 Å². The van der Waals surface area contributed by atoms with Gasteiger partial charge in [0.05, 0.1) is 0 Å². The smallest absolute Gasteiger partial charge is 0.221 e. The number of hydrogen-bond acceptors (Lipinski definition) is 2. The zero-order valence-electron chi connectivity index (χ0n) is 11.2. The second kappa shape index (κ2) is 7.11. The van der Waals surface area contributed by atoms with E-state index in [0.717, 1.165) is 5.56 Å². The van der Waals surface area contributed by atoms with Gasteiger partial charge in [0.25, 0.3) is 0 Å². The summed E-state index contributed by atoms with van der Waals surface area (Å²) in [5, 5.41) is 5.94. The fraction of sp³-hybridized carbons (Fsp3) is 0.500.